The van der Waals surface area contributed by atoms with Crippen molar-refractivity contribution in [2.75, 3.05) is 31.4 Å². The summed E-state index contributed by atoms with van der Waals surface area (Å²) < 4.78 is 18.1. The molecule has 0 aromatic heterocycles. The van der Waals surface area contributed by atoms with Crippen LogP contribution in [0, 0.1) is 12.7 Å². The maximum atomic E-state index is 13.2. The molecule has 1 aromatic carbocycles. The van der Waals surface area contributed by atoms with Crippen LogP contribution in [-0.4, -0.2) is 31.5 Å². The van der Waals surface area contributed by atoms with Gasteiger partial charge in [-0.25, -0.2) is 4.39 Å². The van der Waals surface area contributed by atoms with E-state index in [2.05, 4.69) is 5.32 Å². The molecule has 96 valence electrons. The number of halogens is 1. The highest BCUT2D eigenvalue weighted by molar-refractivity contribution is 5.67. The maximum Gasteiger partial charge on any atom is 0.128 e. The molecule has 4 nitrogen and oxygen atoms in total. The smallest absolute Gasteiger partial charge is 0.128 e. The molecule has 4 N–H and O–H groups in total. The number of nitrogens with two attached hydrogens (primary N) is 1. The second-order valence-corrected chi connectivity index (χ2v) is 3.99. The zero-order valence-corrected chi connectivity index (χ0v) is 10.2. The van der Waals surface area contributed by atoms with E-state index < -0.39 is 0 Å². The number of aryl methyl sites for hydroxylation is 1. The number of hydrogen-bond acceptors (Lipinski definition) is 4. The summed E-state index contributed by atoms with van der Waals surface area (Å²) in [5.74, 6) is -0.328. The molecular weight excluding hydrogens is 223 g/mol. The highest BCUT2D eigenvalue weighted by atomic mass is 19.1. The lowest BCUT2D eigenvalue weighted by molar-refractivity contribution is 0.174. The van der Waals surface area contributed by atoms with Gasteiger partial charge in [-0.3, -0.25) is 0 Å². The van der Waals surface area contributed by atoms with Crippen LogP contribution in [-0.2, 0) is 4.74 Å². The lowest BCUT2D eigenvalue weighted by Gasteiger charge is -2.19. The van der Waals surface area contributed by atoms with Gasteiger partial charge >= 0.3 is 0 Å². The third-order valence-electron chi connectivity index (χ3n) is 2.58. The van der Waals surface area contributed by atoms with E-state index in [4.69, 9.17) is 10.5 Å². The van der Waals surface area contributed by atoms with E-state index in [0.29, 0.717) is 30.0 Å². The first-order chi connectivity index (χ1) is 8.08. The maximum absolute atomic E-state index is 13.2. The van der Waals surface area contributed by atoms with Crippen LogP contribution in [0.2, 0.25) is 0 Å². The highest BCUT2D eigenvalue weighted by Gasteiger charge is 2.10. The first-order valence-electron chi connectivity index (χ1n) is 5.50. The van der Waals surface area contributed by atoms with Crippen molar-refractivity contribution in [1.82, 2.24) is 0 Å². The van der Waals surface area contributed by atoms with Gasteiger partial charge in [0, 0.05) is 13.7 Å². The molecule has 0 aliphatic rings. The van der Waals surface area contributed by atoms with Crippen LogP contribution in [0.15, 0.2) is 12.1 Å². The number of hydrogen-bond donors (Lipinski definition) is 3. The Hall–Kier alpha value is -1.33. The fraction of sp³-hybridized carbons (Fsp3) is 0.500. The Morgan fingerprint density at radius 2 is 2.24 bits per heavy atom. The monoisotopic (exact) mass is 242 g/mol. The quantitative estimate of drug-likeness (QED) is 0.662. The molecule has 0 spiro atoms. The molecule has 0 saturated heterocycles. The second-order valence-electron chi connectivity index (χ2n) is 3.99. The topological polar surface area (TPSA) is 67.5 Å². The zero-order valence-electron chi connectivity index (χ0n) is 10.2. The summed E-state index contributed by atoms with van der Waals surface area (Å²) in [4.78, 5) is 0. The third-order valence-corrected chi connectivity index (χ3v) is 2.58. The van der Waals surface area contributed by atoms with Gasteiger partial charge in [0.1, 0.15) is 5.82 Å². The number of benzene rings is 1. The van der Waals surface area contributed by atoms with Crippen molar-refractivity contribution in [1.29, 1.82) is 0 Å². The molecule has 0 aliphatic carbocycles. The second kappa shape index (κ2) is 6.42. The lowest BCUT2D eigenvalue weighted by Crippen LogP contribution is -2.26. The third kappa shape index (κ3) is 3.87. The molecule has 0 aliphatic heterocycles. The molecule has 0 fully saturated rings. The van der Waals surface area contributed by atoms with Gasteiger partial charge in [-0.2, -0.15) is 0 Å². The molecule has 0 bridgehead atoms. The summed E-state index contributed by atoms with van der Waals surface area (Å²) in [5, 5.41) is 12.3. The van der Waals surface area contributed by atoms with Crippen molar-refractivity contribution in [3.05, 3.63) is 23.5 Å². The molecule has 0 saturated carbocycles. The average molecular weight is 242 g/mol. The number of methoxy groups -OCH3 is 1. The molecular formula is C12H19FN2O2. The van der Waals surface area contributed by atoms with Crippen molar-refractivity contribution in [2.24, 2.45) is 0 Å². The highest BCUT2D eigenvalue weighted by Crippen LogP contribution is 2.23. The van der Waals surface area contributed by atoms with Crippen LogP contribution in [0.3, 0.4) is 0 Å². The Morgan fingerprint density at radius 3 is 2.82 bits per heavy atom. The Morgan fingerprint density at radius 1 is 1.53 bits per heavy atom. The number of nitrogen functional groups attached to an aromatic ring is 1. The molecule has 1 aromatic rings. The zero-order chi connectivity index (χ0) is 12.8. The molecule has 0 amide bonds. The average Bonchev–Trinajstić information content (AvgIpc) is 2.30. The van der Waals surface area contributed by atoms with Crippen LogP contribution < -0.4 is 11.1 Å². The number of aliphatic hydroxyl groups is 1. The standard InChI is InChI=1S/C12H19FN2O2/c1-8-5-12(11(14)6-10(8)13)15-9(7-16)3-4-17-2/h5-6,9,15-16H,3-4,7,14H2,1-2H3. The van der Waals surface area contributed by atoms with Gasteiger partial charge in [0.25, 0.3) is 0 Å². The van der Waals surface area contributed by atoms with E-state index in [-0.39, 0.29) is 18.5 Å². The van der Waals surface area contributed by atoms with Crippen LogP contribution in [0.5, 0.6) is 0 Å². The molecule has 0 heterocycles. The van der Waals surface area contributed by atoms with Crippen molar-refractivity contribution >= 4 is 11.4 Å². The SMILES string of the molecule is COCCC(CO)Nc1cc(C)c(F)cc1N. The number of rotatable bonds is 6. The minimum atomic E-state index is -0.328. The van der Waals surface area contributed by atoms with Crippen LogP contribution in [0.4, 0.5) is 15.8 Å². The number of anilines is 2. The number of nitrogens with one attached hydrogen (secondary N) is 1. The summed E-state index contributed by atoms with van der Waals surface area (Å²) in [5.41, 5.74) is 7.20. The Balaban J connectivity index is 2.75. The summed E-state index contributed by atoms with van der Waals surface area (Å²) in [6, 6.07) is 2.77. The van der Waals surface area contributed by atoms with Crippen molar-refractivity contribution in [3.63, 3.8) is 0 Å². The van der Waals surface area contributed by atoms with Gasteiger partial charge in [-0.05, 0) is 31.0 Å². The first-order valence-corrected chi connectivity index (χ1v) is 5.50. The minimum absolute atomic E-state index is 0.0285. The molecule has 1 unspecified atom stereocenters. The number of aliphatic hydroxyl groups excluding tert-OH is 1. The predicted molar refractivity (Wildman–Crippen MR) is 66.5 cm³/mol. The van der Waals surface area contributed by atoms with Gasteiger partial charge < -0.3 is 20.9 Å². The molecule has 1 atom stereocenters. The summed E-state index contributed by atoms with van der Waals surface area (Å²) in [7, 11) is 1.60. The van der Waals surface area contributed by atoms with E-state index in [1.807, 2.05) is 0 Å². The molecule has 1 rings (SSSR count). The molecule has 5 heteroatoms. The molecule has 0 radical (unpaired) electrons. The first kappa shape index (κ1) is 13.7. The molecule has 17 heavy (non-hydrogen) atoms. The van der Waals surface area contributed by atoms with Crippen LogP contribution >= 0.6 is 0 Å². The Bertz CT molecular complexity index is 372. The van der Waals surface area contributed by atoms with Crippen molar-refractivity contribution in [2.45, 2.75) is 19.4 Å². The summed E-state index contributed by atoms with van der Waals surface area (Å²) >= 11 is 0. The predicted octanol–water partition coefficient (Wildman–Crippen LogP) is 1.53. The van der Waals surface area contributed by atoms with E-state index in [0.717, 1.165) is 0 Å². The van der Waals surface area contributed by atoms with E-state index >= 15 is 0 Å². The van der Waals surface area contributed by atoms with E-state index in [1.54, 1.807) is 20.1 Å². The van der Waals surface area contributed by atoms with Crippen LogP contribution in [0.1, 0.15) is 12.0 Å². The fourth-order valence-electron chi connectivity index (χ4n) is 1.51. The van der Waals surface area contributed by atoms with Gasteiger partial charge in [0.2, 0.25) is 0 Å². The van der Waals surface area contributed by atoms with Crippen molar-refractivity contribution in [3.8, 4) is 0 Å². The summed E-state index contributed by atoms with van der Waals surface area (Å²) in [6.45, 7) is 2.18. The Kier molecular flexibility index (Phi) is 5.18. The van der Waals surface area contributed by atoms with Gasteiger partial charge in [-0.1, -0.05) is 0 Å². The van der Waals surface area contributed by atoms with Gasteiger partial charge in [0.05, 0.1) is 24.0 Å². The van der Waals surface area contributed by atoms with Crippen LogP contribution in [0.25, 0.3) is 0 Å². The van der Waals surface area contributed by atoms with Gasteiger partial charge in [0.15, 0.2) is 0 Å². The lowest BCUT2D eigenvalue weighted by atomic mass is 10.1. The number of ether oxygens (including phenoxy) is 1. The van der Waals surface area contributed by atoms with Gasteiger partial charge in [-0.15, -0.1) is 0 Å². The van der Waals surface area contributed by atoms with E-state index in [1.165, 1.54) is 6.07 Å². The van der Waals surface area contributed by atoms with Crippen molar-refractivity contribution < 1.29 is 14.2 Å². The minimum Gasteiger partial charge on any atom is -0.397 e. The normalized spacial score (nSPS) is 12.5. The Labute approximate surface area is 101 Å². The summed E-state index contributed by atoms with van der Waals surface area (Å²) in [6.07, 6.45) is 0.656. The fourth-order valence-corrected chi connectivity index (χ4v) is 1.51. The largest absolute Gasteiger partial charge is 0.397 e. The van der Waals surface area contributed by atoms with E-state index in [9.17, 15) is 9.50 Å².